The van der Waals surface area contributed by atoms with Crippen molar-refractivity contribution in [2.75, 3.05) is 13.2 Å². The van der Waals surface area contributed by atoms with Gasteiger partial charge in [0.1, 0.15) is 6.61 Å². The number of hydrogen-bond acceptors (Lipinski definition) is 5. The first-order valence-corrected chi connectivity index (χ1v) is 24.4. The molecule has 5 heteroatoms. The largest absolute Gasteiger partial charge is 0.462 e. The number of carbonyl (C=O) groups is 2. The number of carbonyl (C=O) groups excluding carboxylic acids is 2. The minimum Gasteiger partial charge on any atom is -0.462 e. The second kappa shape index (κ2) is 51.1. The van der Waals surface area contributed by atoms with E-state index >= 15 is 0 Å². The van der Waals surface area contributed by atoms with Gasteiger partial charge in [0.25, 0.3) is 0 Å². The van der Waals surface area contributed by atoms with Crippen LogP contribution in [-0.4, -0.2) is 36.4 Å². The smallest absolute Gasteiger partial charge is 0.306 e. The van der Waals surface area contributed by atoms with Crippen molar-refractivity contribution in [1.82, 2.24) is 0 Å². The van der Waals surface area contributed by atoms with Gasteiger partial charge in [-0.15, -0.1) is 0 Å². The highest BCUT2D eigenvalue weighted by Gasteiger charge is 2.16. The first-order valence-electron chi connectivity index (χ1n) is 24.4. The lowest BCUT2D eigenvalue weighted by atomic mass is 10.1. The Bertz CT molecular complexity index is 1380. The SMILES string of the molecule is CC/C=C\C/C=C\C/C=C\C/C=C\C/C=C\C/C=C\C/C=C\C/C=C\CCCCC(=O)OC(CO)COC(=O)CCCCCCCCCC/C=C\C/C=C\C/C=C\C/C=C\CC. The van der Waals surface area contributed by atoms with Crippen LogP contribution in [0.1, 0.15) is 181 Å². The maximum Gasteiger partial charge on any atom is 0.306 e. The zero-order valence-corrected chi connectivity index (χ0v) is 39.3. The predicted molar refractivity (Wildman–Crippen MR) is 269 cm³/mol. The van der Waals surface area contributed by atoms with E-state index in [0.717, 1.165) is 116 Å². The number of esters is 2. The number of unbranched alkanes of at least 4 members (excludes halogenated alkanes) is 10. The second-order valence-corrected chi connectivity index (χ2v) is 15.4. The molecule has 1 atom stereocenters. The van der Waals surface area contributed by atoms with Gasteiger partial charge >= 0.3 is 11.9 Å². The van der Waals surface area contributed by atoms with Crippen LogP contribution in [0.15, 0.2) is 146 Å². The van der Waals surface area contributed by atoms with Crippen molar-refractivity contribution in [3.8, 4) is 0 Å². The highest BCUT2D eigenvalue weighted by atomic mass is 16.6. The fourth-order valence-corrected chi connectivity index (χ4v) is 6.03. The van der Waals surface area contributed by atoms with Crippen molar-refractivity contribution in [2.45, 2.75) is 187 Å². The van der Waals surface area contributed by atoms with Crippen LogP contribution in [0.5, 0.6) is 0 Å². The Hall–Kier alpha value is -4.22. The van der Waals surface area contributed by atoms with E-state index < -0.39 is 6.10 Å². The second-order valence-electron chi connectivity index (χ2n) is 15.4. The molecule has 0 spiro atoms. The van der Waals surface area contributed by atoms with Crippen LogP contribution in [0.4, 0.5) is 0 Å². The lowest BCUT2D eigenvalue weighted by Crippen LogP contribution is -2.28. The molecule has 0 bridgehead atoms. The van der Waals surface area contributed by atoms with E-state index in [9.17, 15) is 14.7 Å². The van der Waals surface area contributed by atoms with Crippen LogP contribution in [0, 0.1) is 0 Å². The molecule has 0 saturated heterocycles. The molecule has 0 aliphatic rings. The van der Waals surface area contributed by atoms with Crippen LogP contribution < -0.4 is 0 Å². The quantitative estimate of drug-likeness (QED) is 0.0376. The number of aliphatic hydroxyl groups is 1. The molecule has 1 N–H and O–H groups in total. The van der Waals surface area contributed by atoms with Gasteiger partial charge in [-0.25, -0.2) is 0 Å². The average Bonchev–Trinajstić information content (AvgIpc) is 3.28. The summed E-state index contributed by atoms with van der Waals surface area (Å²) in [7, 11) is 0. The average molecular weight is 853 g/mol. The molecular formula is C57H88O5. The monoisotopic (exact) mass is 853 g/mol. The number of aliphatic hydroxyl groups excluding tert-OH is 1. The van der Waals surface area contributed by atoms with Gasteiger partial charge < -0.3 is 14.6 Å². The van der Waals surface area contributed by atoms with Gasteiger partial charge in [0, 0.05) is 12.8 Å². The predicted octanol–water partition coefficient (Wildman–Crippen LogP) is 16.3. The third-order valence-electron chi connectivity index (χ3n) is 9.63. The minimum atomic E-state index is -0.811. The van der Waals surface area contributed by atoms with Crippen molar-refractivity contribution in [3.63, 3.8) is 0 Å². The van der Waals surface area contributed by atoms with E-state index in [1.165, 1.54) is 32.1 Å². The van der Waals surface area contributed by atoms with Gasteiger partial charge in [0.15, 0.2) is 6.10 Å². The molecule has 0 aromatic heterocycles. The summed E-state index contributed by atoms with van der Waals surface area (Å²) in [5.41, 5.74) is 0. The lowest BCUT2D eigenvalue weighted by Gasteiger charge is -2.15. The Morgan fingerprint density at radius 1 is 0.371 bits per heavy atom. The highest BCUT2D eigenvalue weighted by Crippen LogP contribution is 2.12. The Morgan fingerprint density at radius 3 is 1.00 bits per heavy atom. The molecule has 0 aromatic rings. The van der Waals surface area contributed by atoms with Crippen molar-refractivity contribution in [1.29, 1.82) is 0 Å². The zero-order valence-electron chi connectivity index (χ0n) is 39.3. The molecule has 62 heavy (non-hydrogen) atoms. The molecule has 0 saturated carbocycles. The maximum absolute atomic E-state index is 12.2. The molecule has 0 heterocycles. The summed E-state index contributed by atoms with van der Waals surface area (Å²) in [4.78, 5) is 24.4. The van der Waals surface area contributed by atoms with Crippen LogP contribution in [0.2, 0.25) is 0 Å². The number of hydrogen-bond donors (Lipinski definition) is 1. The van der Waals surface area contributed by atoms with Gasteiger partial charge in [0.2, 0.25) is 0 Å². The van der Waals surface area contributed by atoms with Gasteiger partial charge in [-0.2, -0.15) is 0 Å². The number of ether oxygens (including phenoxy) is 2. The molecule has 0 aromatic carbocycles. The van der Waals surface area contributed by atoms with Crippen molar-refractivity contribution < 1.29 is 24.2 Å². The number of rotatable bonds is 42. The minimum absolute atomic E-state index is 0.0989. The molecule has 0 amide bonds. The summed E-state index contributed by atoms with van der Waals surface area (Å²) in [5.74, 6) is -0.665. The third-order valence-corrected chi connectivity index (χ3v) is 9.63. The molecule has 5 nitrogen and oxygen atoms in total. The van der Waals surface area contributed by atoms with Crippen LogP contribution >= 0.6 is 0 Å². The first kappa shape index (κ1) is 57.8. The van der Waals surface area contributed by atoms with E-state index in [1.54, 1.807) is 0 Å². The fourth-order valence-electron chi connectivity index (χ4n) is 6.03. The summed E-state index contributed by atoms with van der Waals surface area (Å²) in [6.07, 6.45) is 77.8. The summed E-state index contributed by atoms with van der Waals surface area (Å²) in [6.45, 7) is 3.85. The van der Waals surface area contributed by atoms with Crippen LogP contribution in [-0.2, 0) is 19.1 Å². The standard InChI is InChI=1S/C57H88O5/c1-3-5-7-9-11-13-15-17-19-21-23-25-26-27-28-29-30-32-34-36-38-40-42-44-46-48-50-52-57(60)62-55(53-58)54-61-56(59)51-49-47-45-43-41-39-37-35-33-31-24-22-20-18-16-14-12-10-8-6-4-2/h5-8,11-14,17-20,23-25,27-28,30-32,36,38,42,44,55,58H,3-4,9-10,15-16,21-22,26,29,33-35,37,39-41,43,45-54H2,1-2H3/b7-5-,8-6-,13-11-,14-12-,19-17-,20-18-,25-23-,28-27-,31-24-,32-30-,38-36-,44-42-. The Morgan fingerprint density at radius 2 is 0.645 bits per heavy atom. The summed E-state index contributed by atoms with van der Waals surface area (Å²) < 4.78 is 10.6. The van der Waals surface area contributed by atoms with Gasteiger partial charge in [0.05, 0.1) is 6.61 Å². The fraction of sp³-hybridized carbons (Fsp3) is 0.544. The van der Waals surface area contributed by atoms with E-state index in [0.29, 0.717) is 12.8 Å². The van der Waals surface area contributed by atoms with Crippen molar-refractivity contribution >= 4 is 11.9 Å². The summed E-state index contributed by atoms with van der Waals surface area (Å²) >= 11 is 0. The van der Waals surface area contributed by atoms with Gasteiger partial charge in [-0.3, -0.25) is 9.59 Å². The molecule has 346 valence electrons. The molecule has 0 radical (unpaired) electrons. The van der Waals surface area contributed by atoms with E-state index in [-0.39, 0.29) is 31.6 Å². The van der Waals surface area contributed by atoms with Crippen LogP contribution in [0.3, 0.4) is 0 Å². The topological polar surface area (TPSA) is 72.8 Å². The molecule has 0 fully saturated rings. The molecule has 1 unspecified atom stereocenters. The number of allylic oxidation sites excluding steroid dienone is 24. The van der Waals surface area contributed by atoms with Gasteiger partial charge in [-0.05, 0) is 116 Å². The highest BCUT2D eigenvalue weighted by molar-refractivity contribution is 5.70. The molecule has 0 rings (SSSR count). The Balaban J connectivity index is 3.70. The molecular weight excluding hydrogens is 765 g/mol. The third kappa shape index (κ3) is 48.4. The van der Waals surface area contributed by atoms with Gasteiger partial charge in [-0.1, -0.05) is 198 Å². The Kier molecular flexibility index (Phi) is 47.7. The summed E-state index contributed by atoms with van der Waals surface area (Å²) in [6, 6.07) is 0. The van der Waals surface area contributed by atoms with E-state index in [1.807, 2.05) is 0 Å². The summed E-state index contributed by atoms with van der Waals surface area (Å²) in [5, 5.41) is 9.61. The normalized spacial score (nSPS) is 13.5. The zero-order chi connectivity index (χ0) is 44.9. The van der Waals surface area contributed by atoms with Crippen molar-refractivity contribution in [2.24, 2.45) is 0 Å². The van der Waals surface area contributed by atoms with E-state index in [2.05, 4.69) is 160 Å². The lowest BCUT2D eigenvalue weighted by molar-refractivity contribution is -0.161. The first-order chi connectivity index (χ1) is 30.6. The van der Waals surface area contributed by atoms with Crippen molar-refractivity contribution in [3.05, 3.63) is 146 Å². The molecule has 0 aliphatic carbocycles. The molecule has 0 aliphatic heterocycles. The Labute approximate surface area is 380 Å². The van der Waals surface area contributed by atoms with E-state index in [4.69, 9.17) is 9.47 Å². The van der Waals surface area contributed by atoms with Crippen LogP contribution in [0.25, 0.3) is 0 Å². The maximum atomic E-state index is 12.2.